The number of nitrogen functional groups attached to an aromatic ring is 1. The van der Waals surface area contributed by atoms with Crippen molar-refractivity contribution in [3.63, 3.8) is 0 Å². The number of phenols is 1. The number of H-pyrrole nitrogens is 2. The third kappa shape index (κ3) is 12.9. The van der Waals surface area contributed by atoms with Crippen LogP contribution >= 0.6 is 11.8 Å². The molecule has 378 valence electrons. The van der Waals surface area contributed by atoms with E-state index in [2.05, 4.69) is 40.4 Å². The molecule has 72 heavy (non-hydrogen) atoms. The van der Waals surface area contributed by atoms with Gasteiger partial charge in [0.15, 0.2) is 11.5 Å². The summed E-state index contributed by atoms with van der Waals surface area (Å²) in [5, 5.41) is 27.8. The molecule has 8 rings (SSSR count). The molecule has 0 saturated carbocycles. The van der Waals surface area contributed by atoms with E-state index >= 15 is 0 Å². The van der Waals surface area contributed by atoms with E-state index in [9.17, 15) is 29.0 Å². The summed E-state index contributed by atoms with van der Waals surface area (Å²) in [6.45, 7) is 8.75. The van der Waals surface area contributed by atoms with Gasteiger partial charge in [-0.1, -0.05) is 42.1 Å². The third-order valence-electron chi connectivity index (χ3n) is 11.6. The molecule has 2 aliphatic rings. The second-order valence-corrected chi connectivity index (χ2v) is 17.5. The smallest absolute Gasteiger partial charge is 0.344 e. The van der Waals surface area contributed by atoms with E-state index in [1.165, 1.54) is 18.2 Å². The number of aliphatic hydroxyl groups is 1. The molecule has 1 saturated heterocycles. The lowest BCUT2D eigenvalue weighted by Crippen LogP contribution is -2.49. The lowest BCUT2D eigenvalue weighted by atomic mass is 10.1. The van der Waals surface area contributed by atoms with Gasteiger partial charge in [-0.3, -0.25) is 9.69 Å². The standard InChI is InChI=1S/C51H56FN9O10S/c1-2-70-50(65)44-46(63)41(72-49(44)56-33-7-4-3-5-8-33)30-32-11-14-40(39(62)29-32)71-28-27-69-26-25-68-24-23-67-22-16-55-51(66)54-15-17-60-18-20-61(21-19-60)34-12-13-36-38(31-34)58-47(57-36)43-45(53)42-35(52)9-6-10-37(42)59-48(43)64/h3-14,29-31,62-63H,2,15-28H2,1H3,(H,57,58)(H3,53,59,64)(H2,54,55,66)/b41-30+,56-49?. The quantitative estimate of drug-likeness (QED) is 0.0294. The first-order chi connectivity index (χ1) is 35.1. The van der Waals surface area contributed by atoms with Gasteiger partial charge in [-0.25, -0.2) is 24.0 Å². The number of para-hydroxylation sites is 1. The molecule has 21 heteroatoms. The van der Waals surface area contributed by atoms with E-state index in [1.807, 2.05) is 36.4 Å². The van der Waals surface area contributed by atoms with Gasteiger partial charge in [-0.05, 0) is 73.2 Å². The normalized spacial score (nSPS) is 15.3. The van der Waals surface area contributed by atoms with Gasteiger partial charge in [0.25, 0.3) is 5.56 Å². The molecule has 6 aromatic rings. The topological polar surface area (TPSA) is 251 Å². The van der Waals surface area contributed by atoms with Gasteiger partial charge in [0.2, 0.25) is 0 Å². The summed E-state index contributed by atoms with van der Waals surface area (Å²) in [6.07, 6.45) is 1.64. The number of imidazole rings is 1. The molecule has 0 atom stereocenters. The Balaban J connectivity index is 0.645. The number of pyridine rings is 1. The van der Waals surface area contributed by atoms with E-state index in [0.29, 0.717) is 84.9 Å². The van der Waals surface area contributed by atoms with Crippen molar-refractivity contribution in [2.45, 2.75) is 6.92 Å². The van der Waals surface area contributed by atoms with Crippen LogP contribution in [0, 0.1) is 5.82 Å². The Morgan fingerprint density at radius 3 is 2.35 bits per heavy atom. The Morgan fingerprint density at radius 1 is 0.861 bits per heavy atom. The predicted molar refractivity (Wildman–Crippen MR) is 276 cm³/mol. The minimum Gasteiger partial charge on any atom is -0.506 e. The average molecular weight is 1010 g/mol. The first-order valence-corrected chi connectivity index (χ1v) is 24.3. The largest absolute Gasteiger partial charge is 0.506 e. The summed E-state index contributed by atoms with van der Waals surface area (Å²) in [4.78, 5) is 58.0. The van der Waals surface area contributed by atoms with Crippen molar-refractivity contribution in [3.05, 3.63) is 123 Å². The van der Waals surface area contributed by atoms with E-state index < -0.39 is 17.3 Å². The second kappa shape index (κ2) is 24.6. The van der Waals surface area contributed by atoms with Crippen LogP contribution in [-0.4, -0.2) is 146 Å². The molecule has 0 aliphatic carbocycles. The Bertz CT molecular complexity index is 3030. The fourth-order valence-electron chi connectivity index (χ4n) is 8.00. The number of benzene rings is 4. The number of aliphatic hydroxyl groups excluding tert-OH is 1. The summed E-state index contributed by atoms with van der Waals surface area (Å²) >= 11 is 1.13. The highest BCUT2D eigenvalue weighted by molar-refractivity contribution is 8.18. The summed E-state index contributed by atoms with van der Waals surface area (Å²) in [5.41, 5.74) is 9.86. The van der Waals surface area contributed by atoms with Crippen LogP contribution in [0.4, 0.5) is 26.2 Å². The fraction of sp³-hybridized carbons (Fsp3) is 0.314. The number of piperazine rings is 1. The number of hydrogen-bond donors (Lipinski definition) is 7. The second-order valence-electron chi connectivity index (χ2n) is 16.4. The molecule has 19 nitrogen and oxygen atoms in total. The Labute approximate surface area is 417 Å². The number of aromatic nitrogens is 3. The molecule has 8 N–H and O–H groups in total. The van der Waals surface area contributed by atoms with Gasteiger partial charge in [-0.15, -0.1) is 0 Å². The molecule has 2 aliphatic heterocycles. The van der Waals surface area contributed by atoms with Crippen molar-refractivity contribution in [2.24, 2.45) is 4.99 Å². The minimum atomic E-state index is -0.675. The number of amides is 2. The molecule has 4 heterocycles. The van der Waals surface area contributed by atoms with Crippen LogP contribution in [-0.2, 0) is 23.7 Å². The van der Waals surface area contributed by atoms with Gasteiger partial charge in [0.05, 0.1) is 84.5 Å². The summed E-state index contributed by atoms with van der Waals surface area (Å²) < 4.78 is 42.2. The van der Waals surface area contributed by atoms with Crippen molar-refractivity contribution in [1.82, 2.24) is 30.5 Å². The van der Waals surface area contributed by atoms with Crippen molar-refractivity contribution < 1.29 is 47.9 Å². The molecule has 0 bridgehead atoms. The molecule has 2 aromatic heterocycles. The lowest BCUT2D eigenvalue weighted by Gasteiger charge is -2.36. The van der Waals surface area contributed by atoms with E-state index in [-0.39, 0.29) is 71.1 Å². The number of nitrogens with two attached hydrogens (primary N) is 1. The number of phenolic OH excluding ortho intramolecular Hbond substituents is 1. The van der Waals surface area contributed by atoms with Gasteiger partial charge >= 0.3 is 12.0 Å². The molecule has 1 fully saturated rings. The first-order valence-electron chi connectivity index (χ1n) is 23.5. The van der Waals surface area contributed by atoms with Crippen LogP contribution in [0.1, 0.15) is 12.5 Å². The summed E-state index contributed by atoms with van der Waals surface area (Å²) in [6, 6.07) is 23.9. The van der Waals surface area contributed by atoms with Crippen LogP contribution in [0.2, 0.25) is 0 Å². The number of urea groups is 1. The Hall–Kier alpha value is -7.43. The number of anilines is 2. The maximum atomic E-state index is 14.6. The molecular weight excluding hydrogens is 950 g/mol. The zero-order valence-corrected chi connectivity index (χ0v) is 40.4. The number of aromatic hydroxyl groups is 1. The number of nitrogens with one attached hydrogen (secondary N) is 4. The fourth-order valence-corrected chi connectivity index (χ4v) is 9.04. The molecule has 0 spiro atoms. The van der Waals surface area contributed by atoms with Crippen LogP contribution < -0.4 is 31.6 Å². The van der Waals surface area contributed by atoms with Gasteiger partial charge in [0, 0.05) is 51.5 Å². The molecule has 0 unspecified atom stereocenters. The highest BCUT2D eigenvalue weighted by Crippen LogP contribution is 2.41. The number of nitrogens with zero attached hydrogens (tertiary/aromatic N) is 4. The number of fused-ring (bicyclic) bond motifs is 2. The highest BCUT2D eigenvalue weighted by Gasteiger charge is 2.33. The molecule has 0 radical (unpaired) electrons. The number of carbonyl (C=O) groups excluding carboxylic acids is 2. The monoisotopic (exact) mass is 1010 g/mol. The molecular formula is C51H56FN9O10S. The number of halogens is 1. The zero-order valence-electron chi connectivity index (χ0n) is 39.6. The van der Waals surface area contributed by atoms with Crippen molar-refractivity contribution >= 4 is 73.9 Å². The van der Waals surface area contributed by atoms with Gasteiger partial charge < -0.3 is 65.1 Å². The first kappa shape index (κ1) is 50.9. The SMILES string of the molecule is CCOC(=O)C1=C(O)/C(=C\c2ccc(OCCOCCOCCOCCNC(=O)NCCN3CCN(c4ccc5nc(-c6c(N)c7c(F)cccc7[nH]c6=O)[nH]c5c4)CC3)c(O)c2)SC1=Nc1ccccc1. The Kier molecular flexibility index (Phi) is 17.4. The van der Waals surface area contributed by atoms with Crippen molar-refractivity contribution in [2.75, 3.05) is 109 Å². The molecule has 4 aromatic carbocycles. The number of thioether (sulfide) groups is 1. The molecule has 2 amide bonds. The van der Waals surface area contributed by atoms with Gasteiger partial charge in [0.1, 0.15) is 40.2 Å². The number of esters is 1. The highest BCUT2D eigenvalue weighted by atomic mass is 32.2. The predicted octanol–water partition coefficient (Wildman–Crippen LogP) is 6.24. The number of aromatic amines is 2. The number of ether oxygens (including phenoxy) is 5. The third-order valence-corrected chi connectivity index (χ3v) is 12.6. The van der Waals surface area contributed by atoms with Crippen LogP contribution in [0.3, 0.4) is 0 Å². The Morgan fingerprint density at radius 2 is 1.60 bits per heavy atom. The average Bonchev–Trinajstić information content (AvgIpc) is 3.92. The van der Waals surface area contributed by atoms with Crippen molar-refractivity contribution in [3.8, 4) is 22.9 Å². The van der Waals surface area contributed by atoms with E-state index in [4.69, 9.17) is 29.4 Å². The van der Waals surface area contributed by atoms with Crippen LogP contribution in [0.5, 0.6) is 11.5 Å². The number of rotatable bonds is 22. The zero-order chi connectivity index (χ0) is 50.4. The summed E-state index contributed by atoms with van der Waals surface area (Å²) in [7, 11) is 0. The lowest BCUT2D eigenvalue weighted by molar-refractivity contribution is -0.138. The van der Waals surface area contributed by atoms with Crippen molar-refractivity contribution in [1.29, 1.82) is 0 Å². The minimum absolute atomic E-state index is 0.0157. The van der Waals surface area contributed by atoms with Crippen LogP contribution in [0.25, 0.3) is 39.4 Å². The maximum absolute atomic E-state index is 14.6. The van der Waals surface area contributed by atoms with E-state index in [1.54, 1.807) is 43.3 Å². The van der Waals surface area contributed by atoms with E-state index in [0.717, 1.165) is 49.1 Å². The van der Waals surface area contributed by atoms with Gasteiger partial charge in [-0.2, -0.15) is 0 Å². The maximum Gasteiger partial charge on any atom is 0.344 e. The number of hydrogen-bond acceptors (Lipinski definition) is 16. The number of carbonyl (C=O) groups is 2. The summed E-state index contributed by atoms with van der Waals surface area (Å²) in [5.74, 6) is -1.02. The number of aliphatic imine (C=N–C) groups is 1. The van der Waals surface area contributed by atoms with Crippen LogP contribution in [0.15, 0.2) is 111 Å².